The summed E-state index contributed by atoms with van der Waals surface area (Å²) in [5, 5.41) is 0. The molecular formula is C32H31NO2. The Balaban J connectivity index is 1.34. The lowest BCUT2D eigenvalue weighted by atomic mass is 10.0. The van der Waals surface area contributed by atoms with E-state index in [0.717, 1.165) is 23.1 Å². The average molecular weight is 462 g/mol. The van der Waals surface area contributed by atoms with Gasteiger partial charge < -0.3 is 4.74 Å². The van der Waals surface area contributed by atoms with Gasteiger partial charge in [0.15, 0.2) is 0 Å². The third-order valence-corrected chi connectivity index (χ3v) is 6.05. The van der Waals surface area contributed by atoms with Gasteiger partial charge in [0.2, 0.25) is 0 Å². The van der Waals surface area contributed by atoms with Gasteiger partial charge in [-0.2, -0.15) is 0 Å². The molecule has 0 aliphatic carbocycles. The van der Waals surface area contributed by atoms with Crippen molar-refractivity contribution in [2.75, 3.05) is 0 Å². The number of unbranched alkanes of at least 4 members (excludes halogenated alkanes) is 1. The van der Waals surface area contributed by atoms with Gasteiger partial charge in [-0.15, -0.1) is 0 Å². The molecule has 0 bridgehead atoms. The standard InChI is InChI=1S/C32H31NO2/c1-3-4-8-25-11-15-28(16-12-25)29-17-19-30(20-18-29)32(34)35-31-21-13-26(14-22-31)23-33-24(2)27-9-6-5-7-10-27/h5-7,9-24H,3-4,8H2,1-2H3/t24-/m0/s1. The Labute approximate surface area is 208 Å². The van der Waals surface area contributed by atoms with E-state index in [4.69, 9.17) is 4.74 Å². The summed E-state index contributed by atoms with van der Waals surface area (Å²) in [5.74, 6) is 0.139. The highest BCUT2D eigenvalue weighted by molar-refractivity contribution is 5.91. The van der Waals surface area contributed by atoms with Crippen molar-refractivity contribution < 1.29 is 9.53 Å². The van der Waals surface area contributed by atoms with Crippen LogP contribution >= 0.6 is 0 Å². The normalized spacial score (nSPS) is 11.9. The molecule has 0 aromatic heterocycles. The minimum absolute atomic E-state index is 0.0793. The molecule has 0 saturated carbocycles. The van der Waals surface area contributed by atoms with Crippen LogP contribution in [0.3, 0.4) is 0 Å². The molecule has 4 rings (SSSR count). The molecular weight excluding hydrogens is 430 g/mol. The summed E-state index contributed by atoms with van der Waals surface area (Å²) in [6.07, 6.45) is 5.37. The quantitative estimate of drug-likeness (QED) is 0.143. The van der Waals surface area contributed by atoms with Crippen LogP contribution in [0.1, 0.15) is 59.8 Å². The molecule has 0 aliphatic rings. The summed E-state index contributed by atoms with van der Waals surface area (Å²) in [4.78, 5) is 17.2. The van der Waals surface area contributed by atoms with E-state index >= 15 is 0 Å². The van der Waals surface area contributed by atoms with Gasteiger partial charge in [-0.1, -0.05) is 80.1 Å². The Morgan fingerprint density at radius 2 is 1.46 bits per heavy atom. The molecule has 176 valence electrons. The summed E-state index contributed by atoms with van der Waals surface area (Å²) in [5.41, 5.74) is 6.23. The maximum absolute atomic E-state index is 12.6. The van der Waals surface area contributed by atoms with Crippen molar-refractivity contribution >= 4 is 12.2 Å². The third kappa shape index (κ3) is 6.77. The number of aliphatic imine (C=N–C) groups is 1. The maximum atomic E-state index is 12.6. The predicted molar refractivity (Wildman–Crippen MR) is 144 cm³/mol. The molecule has 0 amide bonds. The second-order valence-electron chi connectivity index (χ2n) is 8.70. The highest BCUT2D eigenvalue weighted by atomic mass is 16.5. The molecule has 0 fully saturated rings. The molecule has 0 spiro atoms. The molecule has 1 atom stereocenters. The zero-order valence-electron chi connectivity index (χ0n) is 20.4. The molecule has 0 heterocycles. The van der Waals surface area contributed by atoms with Crippen LogP contribution < -0.4 is 4.74 Å². The average Bonchev–Trinajstić information content (AvgIpc) is 2.92. The van der Waals surface area contributed by atoms with Crippen molar-refractivity contribution in [3.05, 3.63) is 125 Å². The van der Waals surface area contributed by atoms with Crippen molar-refractivity contribution in [3.63, 3.8) is 0 Å². The molecule has 0 radical (unpaired) electrons. The monoisotopic (exact) mass is 461 g/mol. The third-order valence-electron chi connectivity index (χ3n) is 6.05. The number of ether oxygens (including phenoxy) is 1. The molecule has 0 unspecified atom stereocenters. The summed E-state index contributed by atoms with van der Waals surface area (Å²) in [6.45, 7) is 4.27. The minimum Gasteiger partial charge on any atom is -0.423 e. The summed E-state index contributed by atoms with van der Waals surface area (Å²) >= 11 is 0. The minimum atomic E-state index is -0.370. The molecule has 35 heavy (non-hydrogen) atoms. The van der Waals surface area contributed by atoms with Crippen molar-refractivity contribution in [1.82, 2.24) is 0 Å². The van der Waals surface area contributed by atoms with Crippen LogP contribution in [-0.2, 0) is 6.42 Å². The first kappa shape index (κ1) is 24.2. The smallest absolute Gasteiger partial charge is 0.343 e. The van der Waals surface area contributed by atoms with Crippen LogP contribution in [-0.4, -0.2) is 12.2 Å². The van der Waals surface area contributed by atoms with E-state index in [1.807, 2.05) is 60.8 Å². The van der Waals surface area contributed by atoms with Gasteiger partial charge in [0.25, 0.3) is 0 Å². The Morgan fingerprint density at radius 1 is 0.829 bits per heavy atom. The number of carbonyl (C=O) groups excluding carboxylic acids is 1. The fourth-order valence-corrected chi connectivity index (χ4v) is 3.85. The van der Waals surface area contributed by atoms with Gasteiger partial charge in [-0.05, 0) is 84.0 Å². The molecule has 4 aromatic rings. The fourth-order valence-electron chi connectivity index (χ4n) is 3.85. The first-order valence-electron chi connectivity index (χ1n) is 12.2. The lowest BCUT2D eigenvalue weighted by Gasteiger charge is -2.08. The van der Waals surface area contributed by atoms with Crippen molar-refractivity contribution in [2.45, 2.75) is 39.2 Å². The van der Waals surface area contributed by atoms with Crippen molar-refractivity contribution in [3.8, 4) is 16.9 Å². The molecule has 0 aliphatic heterocycles. The van der Waals surface area contributed by atoms with Crippen LogP contribution in [0.4, 0.5) is 0 Å². The summed E-state index contributed by atoms with van der Waals surface area (Å²) in [6, 6.07) is 33.9. The van der Waals surface area contributed by atoms with Crippen LogP contribution in [0.5, 0.6) is 5.75 Å². The van der Waals surface area contributed by atoms with E-state index in [1.54, 1.807) is 12.1 Å². The Morgan fingerprint density at radius 3 is 2.09 bits per heavy atom. The van der Waals surface area contributed by atoms with Gasteiger partial charge in [0.1, 0.15) is 5.75 Å². The number of hydrogen-bond acceptors (Lipinski definition) is 3. The summed E-state index contributed by atoms with van der Waals surface area (Å²) < 4.78 is 5.57. The van der Waals surface area contributed by atoms with Crippen LogP contribution in [0.25, 0.3) is 11.1 Å². The Bertz CT molecular complexity index is 1240. The Kier molecular flexibility index (Phi) is 8.24. The van der Waals surface area contributed by atoms with Crippen LogP contribution in [0.15, 0.2) is 108 Å². The number of carbonyl (C=O) groups is 1. The predicted octanol–water partition coefficient (Wildman–Crippen LogP) is 8.10. The molecule has 0 saturated heterocycles. The molecule has 3 heteroatoms. The largest absolute Gasteiger partial charge is 0.423 e. The second-order valence-corrected chi connectivity index (χ2v) is 8.70. The van der Waals surface area contributed by atoms with E-state index < -0.39 is 0 Å². The lowest BCUT2D eigenvalue weighted by molar-refractivity contribution is 0.0735. The van der Waals surface area contributed by atoms with E-state index in [-0.39, 0.29) is 12.0 Å². The maximum Gasteiger partial charge on any atom is 0.343 e. The highest BCUT2D eigenvalue weighted by Gasteiger charge is 2.09. The Hall–Kier alpha value is -3.98. The molecule has 4 aromatic carbocycles. The number of nitrogens with zero attached hydrogens (tertiary/aromatic N) is 1. The van der Waals surface area contributed by atoms with Crippen LogP contribution in [0, 0.1) is 0 Å². The highest BCUT2D eigenvalue weighted by Crippen LogP contribution is 2.22. The number of rotatable bonds is 9. The van der Waals surface area contributed by atoms with Gasteiger partial charge in [0.05, 0.1) is 11.6 Å². The van der Waals surface area contributed by atoms with E-state index in [1.165, 1.54) is 24.0 Å². The number of aryl methyl sites for hydroxylation is 1. The zero-order valence-corrected chi connectivity index (χ0v) is 20.4. The first-order chi connectivity index (χ1) is 17.1. The van der Waals surface area contributed by atoms with Gasteiger partial charge in [0, 0.05) is 6.21 Å². The van der Waals surface area contributed by atoms with Crippen molar-refractivity contribution in [2.24, 2.45) is 4.99 Å². The summed E-state index contributed by atoms with van der Waals surface area (Å²) in [7, 11) is 0. The second kappa shape index (κ2) is 11.9. The lowest BCUT2D eigenvalue weighted by Crippen LogP contribution is -2.08. The first-order valence-corrected chi connectivity index (χ1v) is 12.2. The van der Waals surface area contributed by atoms with Gasteiger partial charge in [-0.3, -0.25) is 4.99 Å². The molecule has 3 nitrogen and oxygen atoms in total. The van der Waals surface area contributed by atoms with E-state index in [2.05, 4.69) is 55.2 Å². The number of benzene rings is 4. The molecule has 0 N–H and O–H groups in total. The number of esters is 1. The topological polar surface area (TPSA) is 38.7 Å². The van der Waals surface area contributed by atoms with Crippen molar-refractivity contribution in [1.29, 1.82) is 0 Å². The van der Waals surface area contributed by atoms with E-state index in [0.29, 0.717) is 11.3 Å². The van der Waals surface area contributed by atoms with Gasteiger partial charge >= 0.3 is 5.97 Å². The number of hydrogen-bond donors (Lipinski definition) is 0. The van der Waals surface area contributed by atoms with Crippen LogP contribution in [0.2, 0.25) is 0 Å². The fraction of sp³-hybridized carbons (Fsp3) is 0.188. The van der Waals surface area contributed by atoms with Gasteiger partial charge in [-0.25, -0.2) is 4.79 Å². The zero-order chi connectivity index (χ0) is 24.5. The SMILES string of the molecule is CCCCc1ccc(-c2ccc(C(=O)Oc3ccc(C=N[C@@H](C)c4ccccc4)cc3)cc2)cc1. The van der Waals surface area contributed by atoms with E-state index in [9.17, 15) is 4.79 Å².